The van der Waals surface area contributed by atoms with Gasteiger partial charge in [0.25, 0.3) is 5.91 Å². The highest BCUT2D eigenvalue weighted by Gasteiger charge is 2.28. The minimum atomic E-state index is -0.105. The normalized spacial score (nSPS) is 23.3. The van der Waals surface area contributed by atoms with Crippen molar-refractivity contribution < 1.29 is 4.79 Å². The second kappa shape index (κ2) is 5.86. The summed E-state index contributed by atoms with van der Waals surface area (Å²) >= 11 is 1.84. The number of amides is 1. The van der Waals surface area contributed by atoms with Gasteiger partial charge in [-0.2, -0.15) is 16.9 Å². The number of rotatable bonds is 3. The molecule has 1 aromatic heterocycles. The van der Waals surface area contributed by atoms with Crippen molar-refractivity contribution in [1.29, 1.82) is 0 Å². The van der Waals surface area contributed by atoms with Crippen LogP contribution in [0.2, 0.25) is 0 Å². The van der Waals surface area contributed by atoms with Crippen molar-refractivity contribution >= 4 is 23.4 Å². The minimum absolute atomic E-state index is 0.105. The van der Waals surface area contributed by atoms with Gasteiger partial charge in [-0.05, 0) is 26.0 Å². The van der Waals surface area contributed by atoms with Crippen LogP contribution in [0.5, 0.6) is 0 Å². The molecule has 3 N–H and O–H groups in total. The standard InChI is InChI=1S/C13H22N4OS/c1-8-11(14)12(17(2)16-8)13(18)15-9-6-4-5-7-10(9)19-3/h9-10H,4-7,14H2,1-3H3,(H,15,18). The molecule has 19 heavy (non-hydrogen) atoms. The van der Waals surface area contributed by atoms with E-state index in [9.17, 15) is 4.79 Å². The molecule has 1 saturated carbocycles. The number of carbonyl (C=O) groups is 1. The summed E-state index contributed by atoms with van der Waals surface area (Å²) in [5, 5.41) is 7.83. The Balaban J connectivity index is 2.12. The Labute approximate surface area is 118 Å². The number of aryl methyl sites for hydroxylation is 2. The lowest BCUT2D eigenvalue weighted by molar-refractivity contribution is 0.0920. The van der Waals surface area contributed by atoms with Gasteiger partial charge in [0, 0.05) is 18.3 Å². The van der Waals surface area contributed by atoms with Crippen LogP contribution < -0.4 is 11.1 Å². The molecule has 0 aliphatic heterocycles. The first-order chi connectivity index (χ1) is 9.04. The largest absolute Gasteiger partial charge is 0.395 e. The zero-order valence-electron chi connectivity index (χ0n) is 11.8. The first kappa shape index (κ1) is 14.2. The second-order valence-corrected chi connectivity index (χ2v) is 6.19. The molecular formula is C13H22N4OS. The SMILES string of the molecule is CSC1CCCCC1NC(=O)c1c(N)c(C)nn1C. The third kappa shape index (κ3) is 2.88. The Kier molecular flexibility index (Phi) is 4.39. The van der Waals surface area contributed by atoms with E-state index >= 15 is 0 Å². The molecule has 2 atom stereocenters. The number of hydrogen-bond acceptors (Lipinski definition) is 4. The molecule has 0 aromatic carbocycles. The summed E-state index contributed by atoms with van der Waals surface area (Å²) in [4.78, 5) is 12.4. The maximum absolute atomic E-state index is 12.4. The van der Waals surface area contributed by atoms with Crippen LogP contribution in [0.25, 0.3) is 0 Å². The van der Waals surface area contributed by atoms with Gasteiger partial charge in [0.1, 0.15) is 5.69 Å². The molecule has 6 heteroatoms. The number of nitrogens with one attached hydrogen (secondary N) is 1. The summed E-state index contributed by atoms with van der Waals surface area (Å²) in [5.41, 5.74) is 7.59. The van der Waals surface area contributed by atoms with Crippen molar-refractivity contribution in [2.45, 2.75) is 43.9 Å². The van der Waals surface area contributed by atoms with Crippen LogP contribution in [0.3, 0.4) is 0 Å². The quantitative estimate of drug-likeness (QED) is 0.885. The first-order valence-corrected chi connectivity index (χ1v) is 7.96. The Bertz CT molecular complexity index is 471. The molecule has 1 aromatic rings. The zero-order valence-corrected chi connectivity index (χ0v) is 12.6. The van der Waals surface area contributed by atoms with E-state index in [0.29, 0.717) is 22.3 Å². The molecule has 0 saturated heterocycles. The van der Waals surface area contributed by atoms with Crippen molar-refractivity contribution in [2.75, 3.05) is 12.0 Å². The van der Waals surface area contributed by atoms with Gasteiger partial charge >= 0.3 is 0 Å². The Morgan fingerprint density at radius 3 is 2.74 bits per heavy atom. The fourth-order valence-corrected chi connectivity index (χ4v) is 3.66. The minimum Gasteiger partial charge on any atom is -0.395 e. The molecule has 1 amide bonds. The highest BCUT2D eigenvalue weighted by atomic mass is 32.2. The van der Waals surface area contributed by atoms with Crippen LogP contribution in [0.4, 0.5) is 5.69 Å². The van der Waals surface area contributed by atoms with Gasteiger partial charge < -0.3 is 11.1 Å². The third-order valence-electron chi connectivity index (χ3n) is 3.81. The lowest BCUT2D eigenvalue weighted by atomic mass is 9.94. The van der Waals surface area contributed by atoms with Crippen LogP contribution >= 0.6 is 11.8 Å². The van der Waals surface area contributed by atoms with Crippen molar-refractivity contribution in [3.8, 4) is 0 Å². The molecule has 1 aliphatic rings. The van der Waals surface area contributed by atoms with E-state index in [1.54, 1.807) is 11.7 Å². The van der Waals surface area contributed by atoms with Gasteiger partial charge in [0.15, 0.2) is 0 Å². The van der Waals surface area contributed by atoms with E-state index in [2.05, 4.69) is 16.7 Å². The predicted molar refractivity (Wildman–Crippen MR) is 79.4 cm³/mol. The van der Waals surface area contributed by atoms with Crippen molar-refractivity contribution in [1.82, 2.24) is 15.1 Å². The van der Waals surface area contributed by atoms with E-state index in [1.165, 1.54) is 19.3 Å². The fraction of sp³-hybridized carbons (Fsp3) is 0.692. The van der Waals surface area contributed by atoms with E-state index in [-0.39, 0.29) is 11.9 Å². The van der Waals surface area contributed by atoms with Crippen LogP contribution in [-0.2, 0) is 7.05 Å². The van der Waals surface area contributed by atoms with Gasteiger partial charge in [0.05, 0.1) is 11.4 Å². The summed E-state index contributed by atoms with van der Waals surface area (Å²) < 4.78 is 1.57. The average molecular weight is 282 g/mol. The van der Waals surface area contributed by atoms with Gasteiger partial charge in [-0.3, -0.25) is 9.48 Å². The maximum atomic E-state index is 12.4. The number of nitrogens with two attached hydrogens (primary N) is 1. The van der Waals surface area contributed by atoms with Crippen molar-refractivity contribution in [3.05, 3.63) is 11.4 Å². The average Bonchev–Trinajstić information content (AvgIpc) is 2.64. The van der Waals surface area contributed by atoms with E-state index in [0.717, 1.165) is 6.42 Å². The summed E-state index contributed by atoms with van der Waals surface area (Å²) in [6.07, 6.45) is 6.77. The van der Waals surface area contributed by atoms with Gasteiger partial charge in [0.2, 0.25) is 0 Å². The molecule has 0 radical (unpaired) electrons. The van der Waals surface area contributed by atoms with E-state index in [1.807, 2.05) is 18.7 Å². The molecule has 1 aliphatic carbocycles. The van der Waals surface area contributed by atoms with Gasteiger partial charge in [-0.25, -0.2) is 0 Å². The number of anilines is 1. The fourth-order valence-electron chi connectivity index (χ4n) is 2.72. The molecule has 0 bridgehead atoms. The summed E-state index contributed by atoms with van der Waals surface area (Å²) in [6, 6.07) is 0.242. The number of aromatic nitrogens is 2. The molecule has 5 nitrogen and oxygen atoms in total. The maximum Gasteiger partial charge on any atom is 0.271 e. The number of nitrogen functional groups attached to an aromatic ring is 1. The number of hydrogen-bond donors (Lipinski definition) is 2. The molecular weight excluding hydrogens is 260 g/mol. The van der Waals surface area contributed by atoms with E-state index in [4.69, 9.17) is 5.73 Å². The Morgan fingerprint density at radius 2 is 2.16 bits per heavy atom. The van der Waals surface area contributed by atoms with Gasteiger partial charge in [-0.1, -0.05) is 12.8 Å². The number of carbonyl (C=O) groups excluding carboxylic acids is 1. The molecule has 2 unspecified atom stereocenters. The van der Waals surface area contributed by atoms with E-state index < -0.39 is 0 Å². The molecule has 1 fully saturated rings. The predicted octanol–water partition coefficient (Wildman–Crippen LogP) is 1.71. The second-order valence-electron chi connectivity index (χ2n) is 5.11. The summed E-state index contributed by atoms with van der Waals surface area (Å²) in [7, 11) is 1.76. The van der Waals surface area contributed by atoms with Crippen LogP contribution in [0, 0.1) is 6.92 Å². The zero-order chi connectivity index (χ0) is 14.0. The van der Waals surface area contributed by atoms with Crippen LogP contribution in [0.15, 0.2) is 0 Å². The smallest absolute Gasteiger partial charge is 0.271 e. The third-order valence-corrected chi connectivity index (χ3v) is 4.98. The highest BCUT2D eigenvalue weighted by Crippen LogP contribution is 2.27. The number of nitrogens with zero attached hydrogens (tertiary/aromatic N) is 2. The monoisotopic (exact) mass is 282 g/mol. The summed E-state index contributed by atoms with van der Waals surface area (Å²) in [5.74, 6) is -0.105. The summed E-state index contributed by atoms with van der Waals surface area (Å²) in [6.45, 7) is 1.82. The van der Waals surface area contributed by atoms with Crippen LogP contribution in [0.1, 0.15) is 41.9 Å². The first-order valence-electron chi connectivity index (χ1n) is 6.67. The van der Waals surface area contributed by atoms with Crippen LogP contribution in [-0.4, -0.2) is 33.2 Å². The Morgan fingerprint density at radius 1 is 1.47 bits per heavy atom. The molecule has 106 valence electrons. The Hall–Kier alpha value is -1.17. The lowest BCUT2D eigenvalue weighted by Crippen LogP contribution is -2.44. The highest BCUT2D eigenvalue weighted by molar-refractivity contribution is 7.99. The van der Waals surface area contributed by atoms with Crippen molar-refractivity contribution in [2.24, 2.45) is 7.05 Å². The topological polar surface area (TPSA) is 72.9 Å². The molecule has 2 rings (SSSR count). The lowest BCUT2D eigenvalue weighted by Gasteiger charge is -2.30. The molecule has 0 spiro atoms. The van der Waals surface area contributed by atoms with Gasteiger partial charge in [-0.15, -0.1) is 0 Å². The van der Waals surface area contributed by atoms with Crippen molar-refractivity contribution in [3.63, 3.8) is 0 Å². The molecule has 1 heterocycles. The number of thioether (sulfide) groups is 1.